The molecule has 0 fully saturated rings. The first-order chi connectivity index (χ1) is 13.1. The van der Waals surface area contributed by atoms with Gasteiger partial charge in [-0.25, -0.2) is 9.97 Å². The van der Waals surface area contributed by atoms with Gasteiger partial charge in [-0.2, -0.15) is 0 Å². The normalized spacial score (nSPS) is 11.0. The topological polar surface area (TPSA) is 68.1 Å². The molecule has 1 aromatic carbocycles. The molecule has 4 aromatic rings. The zero-order valence-corrected chi connectivity index (χ0v) is 16.2. The SMILES string of the molecule is Cc1csc(N(C(=O)CCn2cnc3sccc3c2=O)c2ccccc2)n1. The lowest BCUT2D eigenvalue weighted by Gasteiger charge is -2.20. The summed E-state index contributed by atoms with van der Waals surface area (Å²) in [6, 6.07) is 11.2. The van der Waals surface area contributed by atoms with Gasteiger partial charge in [0.2, 0.25) is 5.91 Å². The summed E-state index contributed by atoms with van der Waals surface area (Å²) in [7, 11) is 0. The fourth-order valence-corrected chi connectivity index (χ4v) is 4.32. The van der Waals surface area contributed by atoms with Gasteiger partial charge >= 0.3 is 0 Å². The van der Waals surface area contributed by atoms with Crippen LogP contribution in [-0.2, 0) is 11.3 Å². The van der Waals surface area contributed by atoms with Crippen molar-refractivity contribution < 1.29 is 4.79 Å². The molecule has 0 aliphatic heterocycles. The smallest absolute Gasteiger partial charge is 0.262 e. The van der Waals surface area contributed by atoms with Crippen molar-refractivity contribution in [2.75, 3.05) is 4.90 Å². The Kier molecular flexibility index (Phi) is 4.83. The van der Waals surface area contributed by atoms with Gasteiger partial charge in [-0.1, -0.05) is 18.2 Å². The predicted molar refractivity (Wildman–Crippen MR) is 109 cm³/mol. The van der Waals surface area contributed by atoms with E-state index in [1.807, 2.05) is 48.0 Å². The highest BCUT2D eigenvalue weighted by atomic mass is 32.1. The summed E-state index contributed by atoms with van der Waals surface area (Å²) in [5, 5.41) is 4.97. The molecule has 0 bridgehead atoms. The van der Waals surface area contributed by atoms with Gasteiger partial charge in [-0.3, -0.25) is 19.1 Å². The number of anilines is 2. The zero-order chi connectivity index (χ0) is 18.8. The van der Waals surface area contributed by atoms with Crippen molar-refractivity contribution in [3.05, 3.63) is 69.5 Å². The molecular weight excluding hydrogens is 380 g/mol. The van der Waals surface area contributed by atoms with Crippen LogP contribution in [0, 0.1) is 6.92 Å². The third-order valence-electron chi connectivity index (χ3n) is 4.08. The Morgan fingerprint density at radius 2 is 2.00 bits per heavy atom. The van der Waals surface area contributed by atoms with Crippen molar-refractivity contribution in [2.45, 2.75) is 19.9 Å². The molecule has 0 radical (unpaired) electrons. The fourth-order valence-electron chi connectivity index (χ4n) is 2.76. The number of para-hydroxylation sites is 1. The third kappa shape index (κ3) is 3.54. The molecule has 6 nitrogen and oxygen atoms in total. The molecule has 1 amide bonds. The Hall–Kier alpha value is -2.84. The summed E-state index contributed by atoms with van der Waals surface area (Å²) in [6.45, 7) is 2.17. The summed E-state index contributed by atoms with van der Waals surface area (Å²) in [5.74, 6) is -0.118. The number of amides is 1. The fraction of sp³-hybridized carbons (Fsp3) is 0.158. The lowest BCUT2D eigenvalue weighted by molar-refractivity contribution is -0.118. The molecule has 0 saturated heterocycles. The molecule has 0 aliphatic rings. The van der Waals surface area contributed by atoms with Gasteiger partial charge < -0.3 is 0 Å². The van der Waals surface area contributed by atoms with Gasteiger partial charge in [-0.15, -0.1) is 22.7 Å². The molecule has 0 N–H and O–H groups in total. The maximum atomic E-state index is 13.0. The quantitative estimate of drug-likeness (QED) is 0.512. The number of aryl methyl sites for hydroxylation is 2. The van der Waals surface area contributed by atoms with Gasteiger partial charge in [0.05, 0.1) is 23.1 Å². The van der Waals surface area contributed by atoms with E-state index in [0.29, 0.717) is 15.3 Å². The minimum atomic E-state index is -0.120. The Morgan fingerprint density at radius 3 is 2.74 bits per heavy atom. The van der Waals surface area contributed by atoms with E-state index in [2.05, 4.69) is 9.97 Å². The minimum absolute atomic E-state index is 0.118. The van der Waals surface area contributed by atoms with E-state index >= 15 is 0 Å². The second kappa shape index (κ2) is 7.42. The number of rotatable bonds is 5. The first-order valence-electron chi connectivity index (χ1n) is 8.36. The molecular formula is C19H16N4O2S2. The van der Waals surface area contributed by atoms with Crippen LogP contribution in [0.4, 0.5) is 10.8 Å². The Bertz CT molecular complexity index is 1150. The number of thiophene rings is 1. The first kappa shape index (κ1) is 17.6. The molecule has 0 spiro atoms. The summed E-state index contributed by atoms with van der Waals surface area (Å²) in [5.41, 5.74) is 1.51. The summed E-state index contributed by atoms with van der Waals surface area (Å²) >= 11 is 2.85. The number of hydrogen-bond donors (Lipinski definition) is 0. The monoisotopic (exact) mass is 396 g/mol. The number of carbonyl (C=O) groups excluding carboxylic acids is 1. The molecule has 0 aliphatic carbocycles. The highest BCUT2D eigenvalue weighted by molar-refractivity contribution is 7.16. The van der Waals surface area contributed by atoms with Crippen LogP contribution in [-0.4, -0.2) is 20.4 Å². The van der Waals surface area contributed by atoms with Crippen molar-refractivity contribution in [1.82, 2.24) is 14.5 Å². The number of benzene rings is 1. The number of fused-ring (bicyclic) bond motifs is 1. The molecule has 3 aromatic heterocycles. The van der Waals surface area contributed by atoms with Gasteiger partial charge in [0.1, 0.15) is 4.83 Å². The highest BCUT2D eigenvalue weighted by Gasteiger charge is 2.21. The van der Waals surface area contributed by atoms with Crippen LogP contribution in [0.5, 0.6) is 0 Å². The maximum Gasteiger partial charge on any atom is 0.262 e. The minimum Gasteiger partial charge on any atom is -0.298 e. The molecule has 4 rings (SSSR count). The molecule has 136 valence electrons. The van der Waals surface area contributed by atoms with E-state index in [1.165, 1.54) is 33.6 Å². The lowest BCUT2D eigenvalue weighted by atomic mass is 10.2. The summed E-state index contributed by atoms with van der Waals surface area (Å²) in [4.78, 5) is 36.6. The zero-order valence-electron chi connectivity index (χ0n) is 14.5. The Morgan fingerprint density at radius 1 is 1.19 bits per heavy atom. The van der Waals surface area contributed by atoms with Crippen LogP contribution in [0.1, 0.15) is 12.1 Å². The Balaban J connectivity index is 1.60. The van der Waals surface area contributed by atoms with Crippen molar-refractivity contribution in [3.63, 3.8) is 0 Å². The number of nitrogens with zero attached hydrogens (tertiary/aromatic N) is 4. The molecule has 0 atom stereocenters. The maximum absolute atomic E-state index is 13.0. The molecule has 0 saturated carbocycles. The van der Waals surface area contributed by atoms with Gasteiger partial charge in [-0.05, 0) is 30.5 Å². The van der Waals surface area contributed by atoms with Crippen LogP contribution < -0.4 is 10.5 Å². The molecule has 0 unspecified atom stereocenters. The van der Waals surface area contributed by atoms with E-state index < -0.39 is 0 Å². The van der Waals surface area contributed by atoms with E-state index in [0.717, 1.165) is 11.4 Å². The molecule has 8 heteroatoms. The van der Waals surface area contributed by atoms with E-state index in [9.17, 15) is 9.59 Å². The number of thiazole rings is 1. The number of carbonyl (C=O) groups is 1. The summed E-state index contributed by atoms with van der Waals surface area (Å²) < 4.78 is 1.49. The van der Waals surface area contributed by atoms with Gasteiger partial charge in [0, 0.05) is 18.3 Å². The van der Waals surface area contributed by atoms with Crippen LogP contribution in [0.25, 0.3) is 10.2 Å². The van der Waals surface area contributed by atoms with Crippen LogP contribution in [0.2, 0.25) is 0 Å². The lowest BCUT2D eigenvalue weighted by Crippen LogP contribution is -2.29. The van der Waals surface area contributed by atoms with E-state index in [-0.39, 0.29) is 24.4 Å². The van der Waals surface area contributed by atoms with Gasteiger partial charge in [0.25, 0.3) is 5.56 Å². The van der Waals surface area contributed by atoms with Crippen molar-refractivity contribution in [2.24, 2.45) is 0 Å². The van der Waals surface area contributed by atoms with E-state index in [1.54, 1.807) is 11.0 Å². The second-order valence-electron chi connectivity index (χ2n) is 5.97. The van der Waals surface area contributed by atoms with Crippen molar-refractivity contribution in [1.29, 1.82) is 0 Å². The average molecular weight is 396 g/mol. The predicted octanol–water partition coefficient (Wildman–Crippen LogP) is 3.98. The standard InChI is InChI=1S/C19H16N4O2S2/c1-13-11-27-19(21-13)23(14-5-3-2-4-6-14)16(24)7-9-22-12-20-17-15(18(22)25)8-10-26-17/h2-6,8,10-12H,7,9H2,1H3. The molecule has 27 heavy (non-hydrogen) atoms. The summed E-state index contributed by atoms with van der Waals surface area (Å²) in [6.07, 6.45) is 1.68. The van der Waals surface area contributed by atoms with Crippen molar-refractivity contribution >= 4 is 49.6 Å². The van der Waals surface area contributed by atoms with Crippen LogP contribution in [0.15, 0.2) is 58.3 Å². The third-order valence-corrected chi connectivity index (χ3v) is 5.84. The van der Waals surface area contributed by atoms with E-state index in [4.69, 9.17) is 0 Å². The first-order valence-corrected chi connectivity index (χ1v) is 10.1. The average Bonchev–Trinajstić information content (AvgIpc) is 3.32. The number of hydrogen-bond acceptors (Lipinski definition) is 6. The van der Waals surface area contributed by atoms with Crippen molar-refractivity contribution in [3.8, 4) is 0 Å². The molecule has 3 heterocycles. The Labute approximate surface area is 163 Å². The highest BCUT2D eigenvalue weighted by Crippen LogP contribution is 2.29. The van der Waals surface area contributed by atoms with Crippen LogP contribution >= 0.6 is 22.7 Å². The second-order valence-corrected chi connectivity index (χ2v) is 7.70. The van der Waals surface area contributed by atoms with Gasteiger partial charge in [0.15, 0.2) is 5.13 Å². The largest absolute Gasteiger partial charge is 0.298 e. The van der Waals surface area contributed by atoms with Crippen LogP contribution in [0.3, 0.4) is 0 Å². The number of aromatic nitrogens is 3.